The van der Waals surface area contributed by atoms with Crippen LogP contribution >= 0.6 is 0 Å². The number of ether oxygens (including phenoxy) is 1. The van der Waals surface area contributed by atoms with Gasteiger partial charge in [0, 0.05) is 19.3 Å². The molecule has 1 aliphatic heterocycles. The number of nitrogens with zero attached hydrogens (tertiary/aromatic N) is 3. The van der Waals surface area contributed by atoms with Crippen LogP contribution in [0.25, 0.3) is 5.69 Å². The van der Waals surface area contributed by atoms with Crippen LogP contribution in [0.2, 0.25) is 0 Å². The zero-order valence-corrected chi connectivity index (χ0v) is 15.8. The zero-order chi connectivity index (χ0) is 19.1. The Hall–Kier alpha value is -2.78. The van der Waals surface area contributed by atoms with Gasteiger partial charge in [0.25, 0.3) is 5.91 Å². The molecule has 0 bridgehead atoms. The summed E-state index contributed by atoms with van der Waals surface area (Å²) in [6.45, 7) is 6.04. The fourth-order valence-electron chi connectivity index (χ4n) is 3.48. The van der Waals surface area contributed by atoms with Gasteiger partial charge in [-0.15, -0.1) is 0 Å². The van der Waals surface area contributed by atoms with Crippen LogP contribution < -0.4 is 10.1 Å². The van der Waals surface area contributed by atoms with Crippen molar-refractivity contribution in [3.05, 3.63) is 47.8 Å². The highest BCUT2D eigenvalue weighted by molar-refractivity contribution is 5.96. The van der Waals surface area contributed by atoms with Crippen LogP contribution in [0.1, 0.15) is 42.2 Å². The highest BCUT2D eigenvalue weighted by atomic mass is 16.5. The van der Waals surface area contributed by atoms with Crippen molar-refractivity contribution in [3.63, 3.8) is 0 Å². The predicted molar refractivity (Wildman–Crippen MR) is 104 cm³/mol. The lowest BCUT2D eigenvalue weighted by Crippen LogP contribution is -2.38. The number of aromatic nitrogens is 1. The van der Waals surface area contributed by atoms with Crippen LogP contribution in [-0.4, -0.2) is 48.2 Å². The summed E-state index contributed by atoms with van der Waals surface area (Å²) in [5.41, 5.74) is 1.46. The molecule has 1 aromatic heterocycles. The van der Waals surface area contributed by atoms with E-state index in [4.69, 9.17) is 4.74 Å². The van der Waals surface area contributed by atoms with Crippen LogP contribution in [0.4, 0.5) is 0 Å². The summed E-state index contributed by atoms with van der Waals surface area (Å²) in [4.78, 5) is 15.2. The molecule has 1 aromatic carbocycles. The Labute approximate surface area is 160 Å². The third-order valence-electron chi connectivity index (χ3n) is 4.81. The molecule has 1 fully saturated rings. The van der Waals surface area contributed by atoms with Gasteiger partial charge in [-0.2, -0.15) is 5.26 Å². The van der Waals surface area contributed by atoms with Gasteiger partial charge >= 0.3 is 0 Å². The van der Waals surface area contributed by atoms with Crippen LogP contribution in [0.5, 0.6) is 5.75 Å². The summed E-state index contributed by atoms with van der Waals surface area (Å²) in [7, 11) is 0. The van der Waals surface area contributed by atoms with E-state index in [0.29, 0.717) is 30.2 Å². The molecule has 2 aromatic rings. The molecule has 0 spiro atoms. The van der Waals surface area contributed by atoms with Crippen molar-refractivity contribution in [2.75, 3.05) is 32.8 Å². The summed E-state index contributed by atoms with van der Waals surface area (Å²) in [5.74, 6) is 0.447. The number of hydrogen-bond donors (Lipinski definition) is 1. The van der Waals surface area contributed by atoms with Crippen molar-refractivity contribution in [3.8, 4) is 17.5 Å². The second-order valence-electron chi connectivity index (χ2n) is 6.62. The standard InChI is InChI=1S/C21H26N4O2/c1-2-27-19-9-5-4-8-18(19)25-14-10-17(16-22)20(25)21(26)23-11-15-24-12-6-3-7-13-24/h4-5,8-10,14H,2-3,6-7,11-13,15H2,1H3,(H,23,26). The molecule has 6 heteroatoms. The molecule has 6 nitrogen and oxygen atoms in total. The van der Waals surface area contributed by atoms with E-state index in [1.54, 1.807) is 16.8 Å². The van der Waals surface area contributed by atoms with E-state index in [1.165, 1.54) is 19.3 Å². The highest BCUT2D eigenvalue weighted by Gasteiger charge is 2.20. The number of amides is 1. The Morgan fingerprint density at radius 1 is 1.22 bits per heavy atom. The molecule has 27 heavy (non-hydrogen) atoms. The molecule has 0 atom stereocenters. The summed E-state index contributed by atoms with van der Waals surface area (Å²) >= 11 is 0. The zero-order valence-electron chi connectivity index (χ0n) is 15.8. The Balaban J connectivity index is 1.77. The molecule has 1 amide bonds. The highest BCUT2D eigenvalue weighted by Crippen LogP contribution is 2.26. The molecule has 1 N–H and O–H groups in total. The van der Waals surface area contributed by atoms with E-state index < -0.39 is 0 Å². The summed E-state index contributed by atoms with van der Waals surface area (Å²) in [5, 5.41) is 12.4. The third-order valence-corrected chi connectivity index (χ3v) is 4.81. The van der Waals surface area contributed by atoms with Gasteiger partial charge < -0.3 is 19.5 Å². The first kappa shape index (κ1) is 19.0. The Bertz CT molecular complexity index is 816. The number of para-hydroxylation sites is 2. The number of nitrogens with one attached hydrogen (secondary N) is 1. The molecule has 1 aliphatic rings. The number of carbonyl (C=O) groups excluding carboxylic acids is 1. The van der Waals surface area contributed by atoms with Gasteiger partial charge in [-0.3, -0.25) is 4.79 Å². The number of carbonyl (C=O) groups is 1. The maximum absolute atomic E-state index is 12.8. The third kappa shape index (κ3) is 4.50. The van der Waals surface area contributed by atoms with E-state index in [9.17, 15) is 10.1 Å². The normalized spacial score (nSPS) is 14.5. The van der Waals surface area contributed by atoms with Crippen molar-refractivity contribution in [1.29, 1.82) is 5.26 Å². The van der Waals surface area contributed by atoms with Gasteiger partial charge in [-0.25, -0.2) is 0 Å². The predicted octanol–water partition coefficient (Wildman–Crippen LogP) is 2.96. The van der Waals surface area contributed by atoms with Crippen LogP contribution in [0, 0.1) is 11.3 Å². The SMILES string of the molecule is CCOc1ccccc1-n1ccc(C#N)c1C(=O)NCCN1CCCCC1. The number of nitriles is 1. The minimum atomic E-state index is -0.236. The van der Waals surface area contributed by atoms with Crippen molar-refractivity contribution < 1.29 is 9.53 Å². The largest absolute Gasteiger partial charge is 0.492 e. The van der Waals surface area contributed by atoms with Crippen molar-refractivity contribution >= 4 is 5.91 Å². The molecular weight excluding hydrogens is 340 g/mol. The van der Waals surface area contributed by atoms with Gasteiger partial charge in [0.05, 0.1) is 17.9 Å². The molecule has 0 unspecified atom stereocenters. The fraction of sp³-hybridized carbons (Fsp3) is 0.429. The van der Waals surface area contributed by atoms with Gasteiger partial charge in [0.1, 0.15) is 17.5 Å². The van der Waals surface area contributed by atoms with E-state index >= 15 is 0 Å². The van der Waals surface area contributed by atoms with Gasteiger partial charge in [0.15, 0.2) is 0 Å². The number of hydrogen-bond acceptors (Lipinski definition) is 4. The summed E-state index contributed by atoms with van der Waals surface area (Å²) < 4.78 is 7.42. The molecular formula is C21H26N4O2. The Morgan fingerprint density at radius 2 is 2.00 bits per heavy atom. The average molecular weight is 366 g/mol. The first-order valence-electron chi connectivity index (χ1n) is 9.58. The van der Waals surface area contributed by atoms with E-state index in [-0.39, 0.29) is 5.91 Å². The number of rotatable bonds is 7. The Morgan fingerprint density at radius 3 is 2.74 bits per heavy atom. The van der Waals surface area contributed by atoms with Crippen molar-refractivity contribution in [2.24, 2.45) is 0 Å². The minimum Gasteiger partial charge on any atom is -0.492 e. The molecule has 0 aliphatic carbocycles. The van der Waals surface area contributed by atoms with Gasteiger partial charge in [0.2, 0.25) is 0 Å². The monoisotopic (exact) mass is 366 g/mol. The second-order valence-corrected chi connectivity index (χ2v) is 6.62. The van der Waals surface area contributed by atoms with Crippen LogP contribution in [0.3, 0.4) is 0 Å². The number of piperidine rings is 1. The summed E-state index contributed by atoms with van der Waals surface area (Å²) in [6, 6.07) is 11.3. The lowest BCUT2D eigenvalue weighted by atomic mass is 10.1. The number of likely N-dealkylation sites (tertiary alicyclic amines) is 1. The van der Waals surface area contributed by atoms with Gasteiger partial charge in [-0.05, 0) is 51.1 Å². The lowest BCUT2D eigenvalue weighted by molar-refractivity contribution is 0.0939. The van der Waals surface area contributed by atoms with Crippen molar-refractivity contribution in [2.45, 2.75) is 26.2 Å². The van der Waals surface area contributed by atoms with Crippen LogP contribution in [0.15, 0.2) is 36.5 Å². The molecule has 142 valence electrons. The van der Waals surface area contributed by atoms with E-state index in [1.807, 2.05) is 31.2 Å². The van der Waals surface area contributed by atoms with Crippen LogP contribution in [-0.2, 0) is 0 Å². The molecule has 1 saturated heterocycles. The van der Waals surface area contributed by atoms with Gasteiger partial charge in [-0.1, -0.05) is 18.6 Å². The fourth-order valence-corrected chi connectivity index (χ4v) is 3.48. The topological polar surface area (TPSA) is 70.3 Å². The number of benzene rings is 1. The van der Waals surface area contributed by atoms with E-state index in [2.05, 4.69) is 16.3 Å². The van der Waals surface area contributed by atoms with Crippen molar-refractivity contribution in [1.82, 2.24) is 14.8 Å². The Kier molecular flexibility index (Phi) is 6.50. The molecule has 3 rings (SSSR count). The van der Waals surface area contributed by atoms with E-state index in [0.717, 1.165) is 25.3 Å². The second kappa shape index (κ2) is 9.24. The average Bonchev–Trinajstić information content (AvgIpc) is 3.13. The first-order chi connectivity index (χ1) is 13.2. The quantitative estimate of drug-likeness (QED) is 0.818. The molecule has 2 heterocycles. The first-order valence-corrected chi connectivity index (χ1v) is 9.58. The lowest BCUT2D eigenvalue weighted by Gasteiger charge is -2.26. The maximum Gasteiger partial charge on any atom is 0.269 e. The molecule has 0 radical (unpaired) electrons. The summed E-state index contributed by atoms with van der Waals surface area (Å²) in [6.07, 6.45) is 5.49. The molecule has 0 saturated carbocycles. The minimum absolute atomic E-state index is 0.236. The maximum atomic E-state index is 12.8. The smallest absolute Gasteiger partial charge is 0.269 e.